The Balaban J connectivity index is 1.75. The highest BCUT2D eigenvalue weighted by Gasteiger charge is 2.23. The first-order valence-electron chi connectivity index (χ1n) is 8.64. The Morgan fingerprint density at radius 2 is 2.04 bits per heavy atom. The lowest BCUT2D eigenvalue weighted by Crippen LogP contribution is -2.25. The summed E-state index contributed by atoms with van der Waals surface area (Å²) in [6.07, 6.45) is 5.56. The van der Waals surface area contributed by atoms with E-state index < -0.39 is 0 Å². The Morgan fingerprint density at radius 3 is 2.75 bits per heavy atom. The molecule has 0 atom stereocenters. The summed E-state index contributed by atoms with van der Waals surface area (Å²) in [5, 5.41) is 8.43. The number of carbonyl (C=O) groups excluding carboxylic acids is 1. The van der Waals surface area contributed by atoms with Crippen LogP contribution in [0.15, 0.2) is 24.3 Å². The molecule has 1 fully saturated rings. The van der Waals surface area contributed by atoms with Gasteiger partial charge >= 0.3 is 0 Å². The average Bonchev–Trinajstić information content (AvgIpc) is 2.83. The molecule has 0 spiro atoms. The maximum Gasteiger partial charge on any atom is 0.227 e. The Labute approximate surface area is 148 Å². The smallest absolute Gasteiger partial charge is 0.227 e. The quantitative estimate of drug-likeness (QED) is 0.871. The molecule has 2 aromatic rings. The van der Waals surface area contributed by atoms with Crippen molar-refractivity contribution in [2.75, 3.05) is 5.32 Å². The van der Waals surface area contributed by atoms with Gasteiger partial charge in [-0.3, -0.25) is 9.48 Å². The van der Waals surface area contributed by atoms with Gasteiger partial charge in [-0.25, -0.2) is 0 Å². The van der Waals surface area contributed by atoms with E-state index in [0.29, 0.717) is 6.54 Å². The summed E-state index contributed by atoms with van der Waals surface area (Å²) in [5.41, 5.74) is 3.79. The van der Waals surface area contributed by atoms with Gasteiger partial charge in [0.1, 0.15) is 0 Å². The van der Waals surface area contributed by atoms with Crippen molar-refractivity contribution in [2.24, 2.45) is 5.92 Å². The van der Waals surface area contributed by atoms with Crippen LogP contribution in [0.1, 0.15) is 49.1 Å². The van der Waals surface area contributed by atoms with Crippen LogP contribution < -0.4 is 5.32 Å². The second-order valence-electron chi connectivity index (χ2n) is 6.66. The fraction of sp³-hybridized carbons (Fsp3) is 0.474. The van der Waals surface area contributed by atoms with Crippen molar-refractivity contribution < 1.29 is 4.79 Å². The van der Waals surface area contributed by atoms with E-state index in [1.165, 1.54) is 6.42 Å². The molecule has 0 bridgehead atoms. The van der Waals surface area contributed by atoms with Crippen LogP contribution in [0.4, 0.5) is 5.69 Å². The summed E-state index contributed by atoms with van der Waals surface area (Å²) in [6.45, 7) is 4.59. The number of benzene rings is 1. The third kappa shape index (κ3) is 3.81. The van der Waals surface area contributed by atoms with Crippen LogP contribution in [0, 0.1) is 19.8 Å². The summed E-state index contributed by atoms with van der Waals surface area (Å²) in [7, 11) is 0. The Morgan fingerprint density at radius 1 is 1.29 bits per heavy atom. The van der Waals surface area contributed by atoms with Crippen LogP contribution in [-0.2, 0) is 11.3 Å². The van der Waals surface area contributed by atoms with Gasteiger partial charge in [0.2, 0.25) is 5.91 Å². The molecule has 0 radical (unpaired) electrons. The summed E-state index contributed by atoms with van der Waals surface area (Å²) >= 11 is 6.06. The van der Waals surface area contributed by atoms with Crippen molar-refractivity contribution in [2.45, 2.75) is 52.5 Å². The molecule has 0 unspecified atom stereocenters. The molecule has 1 amide bonds. The molecule has 1 aliphatic rings. The van der Waals surface area contributed by atoms with Crippen molar-refractivity contribution in [1.82, 2.24) is 9.78 Å². The number of hydrogen-bond acceptors (Lipinski definition) is 2. The van der Waals surface area contributed by atoms with E-state index in [1.807, 2.05) is 42.8 Å². The minimum atomic E-state index is 0.142. The number of aryl methyl sites for hydroxylation is 1. The molecule has 0 saturated heterocycles. The number of carbonyl (C=O) groups is 1. The first-order valence-corrected chi connectivity index (χ1v) is 9.01. The van der Waals surface area contributed by atoms with Gasteiger partial charge in [0, 0.05) is 10.9 Å². The molecular formula is C19H24ClN3O. The zero-order valence-corrected chi connectivity index (χ0v) is 15.1. The summed E-state index contributed by atoms with van der Waals surface area (Å²) in [6, 6.07) is 7.78. The van der Waals surface area contributed by atoms with E-state index in [9.17, 15) is 4.79 Å². The molecule has 1 aliphatic carbocycles. The number of hydrogen-bond donors (Lipinski definition) is 1. The third-order valence-electron chi connectivity index (χ3n) is 4.83. The van der Waals surface area contributed by atoms with Crippen molar-refractivity contribution in [3.8, 4) is 0 Å². The minimum Gasteiger partial charge on any atom is -0.323 e. The normalized spacial score (nSPS) is 15.5. The van der Waals surface area contributed by atoms with Crippen molar-refractivity contribution >= 4 is 23.2 Å². The monoisotopic (exact) mass is 345 g/mol. The van der Waals surface area contributed by atoms with Crippen LogP contribution in [0.5, 0.6) is 0 Å². The standard InChI is InChI=1S/C19H24ClN3O/c1-13-18(21-19(24)16-8-4-3-5-9-16)14(2)23(22-13)12-15-7-6-10-17(20)11-15/h6-7,10-11,16H,3-5,8-9,12H2,1-2H3,(H,21,24). The molecular weight excluding hydrogens is 322 g/mol. The predicted molar refractivity (Wildman–Crippen MR) is 97.5 cm³/mol. The molecule has 0 aliphatic heterocycles. The number of halogens is 1. The molecule has 1 heterocycles. The maximum atomic E-state index is 12.5. The number of amides is 1. The number of anilines is 1. The highest BCUT2D eigenvalue weighted by atomic mass is 35.5. The van der Waals surface area contributed by atoms with Crippen LogP contribution in [-0.4, -0.2) is 15.7 Å². The lowest BCUT2D eigenvalue weighted by atomic mass is 9.88. The topological polar surface area (TPSA) is 46.9 Å². The molecule has 128 valence electrons. The molecule has 1 aromatic carbocycles. The summed E-state index contributed by atoms with van der Waals surface area (Å²) in [5.74, 6) is 0.289. The van der Waals surface area contributed by atoms with E-state index in [0.717, 1.165) is 53.3 Å². The van der Waals surface area contributed by atoms with Crippen LogP contribution in [0.3, 0.4) is 0 Å². The third-order valence-corrected chi connectivity index (χ3v) is 5.06. The zero-order valence-electron chi connectivity index (χ0n) is 14.3. The van der Waals surface area contributed by atoms with Gasteiger partial charge in [-0.15, -0.1) is 0 Å². The second-order valence-corrected chi connectivity index (χ2v) is 7.09. The van der Waals surface area contributed by atoms with Gasteiger partial charge in [0.25, 0.3) is 0 Å². The number of aromatic nitrogens is 2. The molecule has 3 rings (SSSR count). The van der Waals surface area contributed by atoms with E-state index in [4.69, 9.17) is 11.6 Å². The number of nitrogens with one attached hydrogen (secondary N) is 1. The largest absolute Gasteiger partial charge is 0.323 e. The highest BCUT2D eigenvalue weighted by molar-refractivity contribution is 6.30. The molecule has 24 heavy (non-hydrogen) atoms. The lowest BCUT2D eigenvalue weighted by Gasteiger charge is -2.20. The van der Waals surface area contributed by atoms with E-state index in [2.05, 4.69) is 10.4 Å². The first-order chi connectivity index (χ1) is 11.5. The Bertz CT molecular complexity index is 732. The fourth-order valence-corrected chi connectivity index (χ4v) is 3.64. The van der Waals surface area contributed by atoms with Gasteiger partial charge < -0.3 is 5.32 Å². The molecule has 5 heteroatoms. The minimum absolute atomic E-state index is 0.142. The van der Waals surface area contributed by atoms with Gasteiger partial charge in [-0.1, -0.05) is 43.0 Å². The van der Waals surface area contributed by atoms with Crippen molar-refractivity contribution in [3.63, 3.8) is 0 Å². The highest BCUT2D eigenvalue weighted by Crippen LogP contribution is 2.27. The van der Waals surface area contributed by atoms with Gasteiger partial charge in [0.15, 0.2) is 0 Å². The molecule has 1 N–H and O–H groups in total. The molecule has 1 aromatic heterocycles. The Kier molecular flexibility index (Phi) is 5.24. The van der Waals surface area contributed by atoms with Crippen molar-refractivity contribution in [1.29, 1.82) is 0 Å². The van der Waals surface area contributed by atoms with Gasteiger partial charge in [0.05, 0.1) is 23.6 Å². The van der Waals surface area contributed by atoms with Crippen LogP contribution in [0.2, 0.25) is 5.02 Å². The zero-order chi connectivity index (χ0) is 17.1. The number of rotatable bonds is 4. The van der Waals surface area contributed by atoms with Gasteiger partial charge in [-0.2, -0.15) is 5.10 Å². The van der Waals surface area contributed by atoms with E-state index in [-0.39, 0.29) is 11.8 Å². The lowest BCUT2D eigenvalue weighted by molar-refractivity contribution is -0.120. The fourth-order valence-electron chi connectivity index (χ4n) is 3.43. The first kappa shape index (κ1) is 17.0. The van der Waals surface area contributed by atoms with Crippen LogP contribution in [0.25, 0.3) is 0 Å². The van der Waals surface area contributed by atoms with Crippen LogP contribution >= 0.6 is 11.6 Å². The average molecular weight is 346 g/mol. The van der Waals surface area contributed by atoms with Crippen molar-refractivity contribution in [3.05, 3.63) is 46.2 Å². The van der Waals surface area contributed by atoms with E-state index in [1.54, 1.807) is 0 Å². The summed E-state index contributed by atoms with van der Waals surface area (Å²) < 4.78 is 1.93. The molecule has 4 nitrogen and oxygen atoms in total. The number of nitrogens with zero attached hydrogens (tertiary/aromatic N) is 2. The SMILES string of the molecule is Cc1nn(Cc2cccc(Cl)c2)c(C)c1NC(=O)C1CCCCC1. The molecule has 1 saturated carbocycles. The van der Waals surface area contributed by atoms with E-state index >= 15 is 0 Å². The predicted octanol–water partition coefficient (Wildman–Crippen LogP) is 4.72. The van der Waals surface area contributed by atoms with Gasteiger partial charge in [-0.05, 0) is 44.4 Å². The Hall–Kier alpha value is -1.81. The summed E-state index contributed by atoms with van der Waals surface area (Å²) in [4.78, 5) is 12.5. The maximum absolute atomic E-state index is 12.5. The second kappa shape index (κ2) is 7.39.